The molecule has 0 aliphatic carbocycles. The highest BCUT2D eigenvalue weighted by Crippen LogP contribution is 2.07. The van der Waals surface area contributed by atoms with Gasteiger partial charge in [-0.05, 0) is 6.92 Å². The third kappa shape index (κ3) is 2.43. The van der Waals surface area contributed by atoms with Gasteiger partial charge in [-0.2, -0.15) is 0 Å². The van der Waals surface area contributed by atoms with Crippen LogP contribution < -0.4 is 5.32 Å². The first-order valence-electron chi connectivity index (χ1n) is 4.44. The lowest BCUT2D eigenvalue weighted by molar-refractivity contribution is -0.115. The minimum absolute atomic E-state index is 0.160. The zero-order valence-electron chi connectivity index (χ0n) is 8.15. The Hall–Kier alpha value is -2.11. The van der Waals surface area contributed by atoms with Gasteiger partial charge in [-0.15, -0.1) is 0 Å². The van der Waals surface area contributed by atoms with Crippen molar-refractivity contribution in [1.82, 2.24) is 15.1 Å². The maximum Gasteiger partial charge on any atom is 0.231 e. The second kappa shape index (κ2) is 3.95. The summed E-state index contributed by atoms with van der Waals surface area (Å²) in [5.41, 5.74) is 0.757. The molecule has 0 aromatic carbocycles. The van der Waals surface area contributed by atoms with Crippen LogP contribution >= 0.6 is 0 Å². The molecule has 0 radical (unpaired) electrons. The number of H-pyrrole nitrogens is 1. The van der Waals surface area contributed by atoms with Crippen molar-refractivity contribution in [1.29, 1.82) is 0 Å². The molecule has 2 rings (SSSR count). The SMILES string of the molecule is Cc1cc(NC(=O)Cc2cnc[nH]2)no1. The maximum absolute atomic E-state index is 11.4. The predicted molar refractivity (Wildman–Crippen MR) is 52.2 cm³/mol. The summed E-state index contributed by atoms with van der Waals surface area (Å²) in [6.45, 7) is 1.76. The second-order valence-electron chi connectivity index (χ2n) is 3.12. The number of carbonyl (C=O) groups excluding carboxylic acids is 1. The Morgan fingerprint density at radius 1 is 1.67 bits per heavy atom. The normalized spacial score (nSPS) is 10.2. The molecule has 6 nitrogen and oxygen atoms in total. The van der Waals surface area contributed by atoms with Gasteiger partial charge in [0.1, 0.15) is 5.76 Å². The average molecular weight is 206 g/mol. The topological polar surface area (TPSA) is 83.8 Å². The van der Waals surface area contributed by atoms with E-state index in [0.29, 0.717) is 11.6 Å². The first kappa shape index (κ1) is 9.45. The lowest BCUT2D eigenvalue weighted by Crippen LogP contribution is -2.14. The molecule has 0 fully saturated rings. The molecule has 1 amide bonds. The molecule has 2 heterocycles. The Balaban J connectivity index is 1.93. The van der Waals surface area contributed by atoms with E-state index in [0.717, 1.165) is 5.69 Å². The second-order valence-corrected chi connectivity index (χ2v) is 3.12. The van der Waals surface area contributed by atoms with Gasteiger partial charge >= 0.3 is 0 Å². The summed E-state index contributed by atoms with van der Waals surface area (Å²) < 4.78 is 4.82. The van der Waals surface area contributed by atoms with E-state index in [1.807, 2.05) is 0 Å². The van der Waals surface area contributed by atoms with Crippen LogP contribution in [0.1, 0.15) is 11.5 Å². The van der Waals surface area contributed by atoms with E-state index in [4.69, 9.17) is 4.52 Å². The number of hydrogen-bond donors (Lipinski definition) is 2. The summed E-state index contributed by atoms with van der Waals surface area (Å²) in [5.74, 6) is 0.927. The Bertz CT molecular complexity index is 446. The van der Waals surface area contributed by atoms with Crippen molar-refractivity contribution in [3.8, 4) is 0 Å². The smallest absolute Gasteiger partial charge is 0.231 e. The number of rotatable bonds is 3. The standard InChI is InChI=1S/C9H10N4O2/c1-6-2-8(13-15-6)12-9(14)3-7-4-10-5-11-7/h2,4-5H,3H2,1H3,(H,10,11)(H,12,13,14). The van der Waals surface area contributed by atoms with Gasteiger partial charge in [0.15, 0.2) is 5.82 Å². The van der Waals surface area contributed by atoms with Crippen molar-refractivity contribution in [2.45, 2.75) is 13.3 Å². The van der Waals surface area contributed by atoms with E-state index < -0.39 is 0 Å². The molecule has 0 unspecified atom stereocenters. The molecule has 15 heavy (non-hydrogen) atoms. The average Bonchev–Trinajstić information content (AvgIpc) is 2.77. The number of nitrogens with one attached hydrogen (secondary N) is 2. The molecule has 0 aliphatic heterocycles. The summed E-state index contributed by atoms with van der Waals surface area (Å²) in [6, 6.07) is 1.66. The largest absolute Gasteiger partial charge is 0.360 e. The van der Waals surface area contributed by atoms with Crippen molar-refractivity contribution in [2.75, 3.05) is 5.32 Å². The fourth-order valence-electron chi connectivity index (χ4n) is 1.17. The summed E-state index contributed by atoms with van der Waals surface area (Å²) in [6.07, 6.45) is 3.38. The number of amides is 1. The summed E-state index contributed by atoms with van der Waals surface area (Å²) in [5, 5.41) is 6.26. The number of aromatic nitrogens is 3. The molecular formula is C9H10N4O2. The van der Waals surface area contributed by atoms with Crippen LogP contribution in [0, 0.1) is 6.92 Å². The molecule has 0 bridgehead atoms. The lowest BCUT2D eigenvalue weighted by Gasteiger charge is -1.98. The Kier molecular flexibility index (Phi) is 2.49. The molecule has 0 saturated heterocycles. The van der Waals surface area contributed by atoms with Crippen LogP contribution in [-0.2, 0) is 11.2 Å². The van der Waals surface area contributed by atoms with Gasteiger partial charge in [-0.3, -0.25) is 4.79 Å². The van der Waals surface area contributed by atoms with Crippen LogP contribution in [0.15, 0.2) is 23.1 Å². The third-order valence-corrected chi connectivity index (χ3v) is 1.80. The molecule has 2 aromatic heterocycles. The van der Waals surface area contributed by atoms with Crippen LogP contribution in [0.3, 0.4) is 0 Å². The number of imidazole rings is 1. The van der Waals surface area contributed by atoms with Gasteiger partial charge in [0.2, 0.25) is 5.91 Å². The molecule has 6 heteroatoms. The Morgan fingerprint density at radius 2 is 2.53 bits per heavy atom. The molecule has 0 spiro atoms. The van der Waals surface area contributed by atoms with Crippen LogP contribution in [0.2, 0.25) is 0 Å². The van der Waals surface area contributed by atoms with E-state index in [2.05, 4.69) is 20.4 Å². The first-order valence-corrected chi connectivity index (χ1v) is 4.44. The van der Waals surface area contributed by atoms with Gasteiger partial charge in [-0.25, -0.2) is 4.98 Å². The van der Waals surface area contributed by atoms with Crippen molar-refractivity contribution >= 4 is 11.7 Å². The van der Waals surface area contributed by atoms with Crippen molar-refractivity contribution < 1.29 is 9.32 Å². The van der Waals surface area contributed by atoms with Gasteiger partial charge < -0.3 is 14.8 Å². The highest BCUT2D eigenvalue weighted by molar-refractivity contribution is 5.91. The van der Waals surface area contributed by atoms with E-state index >= 15 is 0 Å². The maximum atomic E-state index is 11.4. The van der Waals surface area contributed by atoms with Crippen LogP contribution in [-0.4, -0.2) is 21.0 Å². The fraction of sp³-hybridized carbons (Fsp3) is 0.222. The fourth-order valence-corrected chi connectivity index (χ4v) is 1.17. The van der Waals surface area contributed by atoms with Crippen molar-refractivity contribution in [3.63, 3.8) is 0 Å². The van der Waals surface area contributed by atoms with Gasteiger partial charge in [0.05, 0.1) is 12.7 Å². The van der Waals surface area contributed by atoms with E-state index in [9.17, 15) is 4.79 Å². The Labute approximate surface area is 85.7 Å². The number of aryl methyl sites for hydroxylation is 1. The Morgan fingerprint density at radius 3 is 3.13 bits per heavy atom. The summed E-state index contributed by atoms with van der Waals surface area (Å²) in [7, 11) is 0. The van der Waals surface area contributed by atoms with Gasteiger partial charge in [-0.1, -0.05) is 5.16 Å². The molecule has 2 N–H and O–H groups in total. The molecule has 2 aromatic rings. The zero-order chi connectivity index (χ0) is 10.7. The van der Waals surface area contributed by atoms with Gasteiger partial charge in [0.25, 0.3) is 0 Å². The summed E-state index contributed by atoms with van der Waals surface area (Å²) in [4.78, 5) is 18.1. The van der Waals surface area contributed by atoms with Crippen LogP contribution in [0.5, 0.6) is 0 Å². The van der Waals surface area contributed by atoms with Crippen LogP contribution in [0.25, 0.3) is 0 Å². The monoisotopic (exact) mass is 206 g/mol. The van der Waals surface area contributed by atoms with E-state index in [-0.39, 0.29) is 12.3 Å². The first-order chi connectivity index (χ1) is 7.24. The number of hydrogen-bond acceptors (Lipinski definition) is 4. The van der Waals surface area contributed by atoms with E-state index in [1.54, 1.807) is 19.2 Å². The lowest BCUT2D eigenvalue weighted by atomic mass is 10.3. The molecule has 0 atom stereocenters. The number of nitrogens with zero attached hydrogens (tertiary/aromatic N) is 2. The predicted octanol–water partition coefficient (Wildman–Crippen LogP) is 0.887. The van der Waals surface area contributed by atoms with Crippen molar-refractivity contribution in [3.05, 3.63) is 30.0 Å². The van der Waals surface area contributed by atoms with Gasteiger partial charge in [0, 0.05) is 18.0 Å². The summed E-state index contributed by atoms with van der Waals surface area (Å²) >= 11 is 0. The number of carbonyl (C=O) groups is 1. The quantitative estimate of drug-likeness (QED) is 0.781. The number of aromatic amines is 1. The van der Waals surface area contributed by atoms with E-state index in [1.165, 1.54) is 6.33 Å². The molecule has 78 valence electrons. The van der Waals surface area contributed by atoms with Crippen LogP contribution in [0.4, 0.5) is 5.82 Å². The minimum Gasteiger partial charge on any atom is -0.360 e. The highest BCUT2D eigenvalue weighted by Gasteiger charge is 2.07. The highest BCUT2D eigenvalue weighted by atomic mass is 16.5. The minimum atomic E-state index is -0.160. The molecular weight excluding hydrogens is 196 g/mol. The van der Waals surface area contributed by atoms with Crippen molar-refractivity contribution in [2.24, 2.45) is 0 Å². The zero-order valence-corrected chi connectivity index (χ0v) is 8.15. The molecule has 0 saturated carbocycles. The molecule has 0 aliphatic rings. The number of anilines is 1. The third-order valence-electron chi connectivity index (χ3n) is 1.80.